The van der Waals surface area contributed by atoms with Crippen LogP contribution in [0.3, 0.4) is 0 Å². The van der Waals surface area contributed by atoms with Crippen molar-refractivity contribution in [3.8, 4) is 11.5 Å². The van der Waals surface area contributed by atoms with Crippen LogP contribution in [0.4, 0.5) is 0 Å². The number of hydrogen-bond acceptors (Lipinski definition) is 2. The van der Waals surface area contributed by atoms with Crippen molar-refractivity contribution in [3.63, 3.8) is 0 Å². The van der Waals surface area contributed by atoms with E-state index in [0.717, 1.165) is 5.75 Å². The number of phenolic OH excluding ortho intramolecular Hbond substituents is 1. The number of ether oxygens (including phenoxy) is 1. The predicted molar refractivity (Wildman–Crippen MR) is 38.1 cm³/mol. The Hall–Kier alpha value is -1.18. The molecule has 0 heterocycles. The van der Waals surface area contributed by atoms with Crippen LogP contribution in [0.2, 0.25) is 0 Å². The number of benzene rings is 1. The fourth-order valence-electron chi connectivity index (χ4n) is 0.659. The molecule has 2 nitrogen and oxygen atoms in total. The van der Waals surface area contributed by atoms with Crippen LogP contribution in [0.15, 0.2) is 18.2 Å². The van der Waals surface area contributed by atoms with Gasteiger partial charge in [0.25, 0.3) is 0 Å². The van der Waals surface area contributed by atoms with E-state index in [9.17, 15) is 0 Å². The molecule has 0 saturated heterocycles. The standard InChI is InChI=1S/C8H9O2/c1-2-10-8-5-3-7(9)4-6-8/h3,5-6,9H,2H2,1H3. The molecule has 0 amide bonds. The summed E-state index contributed by atoms with van der Waals surface area (Å²) < 4.78 is 5.12. The highest BCUT2D eigenvalue weighted by molar-refractivity contribution is 5.28. The molecule has 53 valence electrons. The van der Waals surface area contributed by atoms with Crippen LogP contribution >= 0.6 is 0 Å². The molecule has 0 fully saturated rings. The first kappa shape index (κ1) is 6.93. The van der Waals surface area contributed by atoms with Crippen LogP contribution < -0.4 is 4.74 Å². The Morgan fingerprint density at radius 1 is 1.60 bits per heavy atom. The maximum Gasteiger partial charge on any atom is 0.123 e. The molecule has 2 heteroatoms. The minimum atomic E-state index is 0.142. The fourth-order valence-corrected chi connectivity index (χ4v) is 0.659. The molecule has 0 aliphatic rings. The molecule has 1 aromatic carbocycles. The molecule has 0 atom stereocenters. The van der Waals surface area contributed by atoms with Crippen molar-refractivity contribution in [2.75, 3.05) is 6.61 Å². The molecule has 0 bridgehead atoms. The van der Waals surface area contributed by atoms with Crippen LogP contribution in [0.25, 0.3) is 0 Å². The molecule has 0 saturated carbocycles. The van der Waals surface area contributed by atoms with Crippen LogP contribution in [0.1, 0.15) is 6.92 Å². The maximum atomic E-state index is 8.81. The van der Waals surface area contributed by atoms with Crippen LogP contribution in [0, 0.1) is 6.07 Å². The van der Waals surface area contributed by atoms with Crippen LogP contribution in [-0.4, -0.2) is 11.7 Å². The molecule has 0 aliphatic carbocycles. The second-order valence-electron chi connectivity index (χ2n) is 1.84. The summed E-state index contributed by atoms with van der Waals surface area (Å²) in [5, 5.41) is 8.81. The third kappa shape index (κ3) is 1.65. The van der Waals surface area contributed by atoms with Gasteiger partial charge in [0.05, 0.1) is 6.61 Å². The van der Waals surface area contributed by atoms with Crippen LogP contribution in [0.5, 0.6) is 11.5 Å². The lowest BCUT2D eigenvalue weighted by molar-refractivity contribution is 0.339. The third-order valence-corrected chi connectivity index (χ3v) is 1.08. The van der Waals surface area contributed by atoms with Gasteiger partial charge in [0.2, 0.25) is 0 Å². The summed E-state index contributed by atoms with van der Waals surface area (Å²) >= 11 is 0. The SMILES string of the molecule is CCOc1c[c]c(O)cc1. The first-order valence-corrected chi connectivity index (χ1v) is 3.16. The van der Waals surface area contributed by atoms with E-state index in [1.54, 1.807) is 18.2 Å². The van der Waals surface area contributed by atoms with Gasteiger partial charge in [-0.15, -0.1) is 0 Å². The Morgan fingerprint density at radius 3 is 2.90 bits per heavy atom. The lowest BCUT2D eigenvalue weighted by atomic mass is 10.3. The predicted octanol–water partition coefficient (Wildman–Crippen LogP) is 1.59. The molecule has 1 rings (SSSR count). The zero-order valence-electron chi connectivity index (χ0n) is 5.79. The molecule has 0 spiro atoms. The Labute approximate surface area is 60.1 Å². The summed E-state index contributed by atoms with van der Waals surface area (Å²) in [4.78, 5) is 0. The van der Waals surface area contributed by atoms with Gasteiger partial charge >= 0.3 is 0 Å². The summed E-state index contributed by atoms with van der Waals surface area (Å²) in [6.07, 6.45) is 0. The molecule has 1 radical (unpaired) electrons. The smallest absolute Gasteiger partial charge is 0.123 e. The molecule has 0 unspecified atom stereocenters. The van der Waals surface area contributed by atoms with Crippen molar-refractivity contribution in [3.05, 3.63) is 24.3 Å². The number of phenols is 1. The van der Waals surface area contributed by atoms with Crippen molar-refractivity contribution < 1.29 is 9.84 Å². The van der Waals surface area contributed by atoms with E-state index in [4.69, 9.17) is 9.84 Å². The minimum Gasteiger partial charge on any atom is -0.507 e. The van der Waals surface area contributed by atoms with Gasteiger partial charge in [0.15, 0.2) is 0 Å². The first-order chi connectivity index (χ1) is 4.83. The van der Waals surface area contributed by atoms with Gasteiger partial charge in [-0.2, -0.15) is 0 Å². The minimum absolute atomic E-state index is 0.142. The highest BCUT2D eigenvalue weighted by Crippen LogP contribution is 2.14. The summed E-state index contributed by atoms with van der Waals surface area (Å²) in [6.45, 7) is 2.55. The topological polar surface area (TPSA) is 29.5 Å². The Kier molecular flexibility index (Phi) is 2.15. The average Bonchev–Trinajstić information content (AvgIpc) is 1.95. The van der Waals surface area contributed by atoms with Crippen molar-refractivity contribution >= 4 is 0 Å². The second kappa shape index (κ2) is 3.11. The van der Waals surface area contributed by atoms with E-state index in [2.05, 4.69) is 6.07 Å². The Bertz CT molecular complexity index is 191. The molecular weight excluding hydrogens is 128 g/mol. The molecule has 10 heavy (non-hydrogen) atoms. The lowest BCUT2D eigenvalue weighted by Gasteiger charge is -2.00. The van der Waals surface area contributed by atoms with Gasteiger partial charge in [0.1, 0.15) is 11.5 Å². The number of aromatic hydroxyl groups is 1. The quantitative estimate of drug-likeness (QED) is 0.670. The summed E-state index contributed by atoms with van der Waals surface area (Å²) in [6, 6.07) is 7.48. The molecule has 1 N–H and O–H groups in total. The normalized spacial score (nSPS) is 9.30. The fraction of sp³-hybridized carbons (Fsp3) is 0.250. The third-order valence-electron chi connectivity index (χ3n) is 1.08. The van der Waals surface area contributed by atoms with Crippen LogP contribution in [-0.2, 0) is 0 Å². The molecule has 0 aromatic heterocycles. The molecular formula is C8H9O2. The lowest BCUT2D eigenvalue weighted by Crippen LogP contribution is -1.89. The van der Waals surface area contributed by atoms with E-state index in [0.29, 0.717) is 6.61 Å². The number of hydrogen-bond donors (Lipinski definition) is 1. The number of rotatable bonds is 2. The van der Waals surface area contributed by atoms with E-state index < -0.39 is 0 Å². The van der Waals surface area contributed by atoms with Crippen molar-refractivity contribution in [1.29, 1.82) is 0 Å². The molecule has 0 aliphatic heterocycles. The first-order valence-electron chi connectivity index (χ1n) is 3.16. The highest BCUT2D eigenvalue weighted by atomic mass is 16.5. The molecule has 1 aromatic rings. The monoisotopic (exact) mass is 137 g/mol. The summed E-state index contributed by atoms with van der Waals surface area (Å²) in [5.41, 5.74) is 0. The van der Waals surface area contributed by atoms with Gasteiger partial charge in [0, 0.05) is 6.07 Å². The average molecular weight is 137 g/mol. The maximum absolute atomic E-state index is 8.81. The zero-order chi connectivity index (χ0) is 7.40. The van der Waals surface area contributed by atoms with Gasteiger partial charge in [-0.3, -0.25) is 0 Å². The highest BCUT2D eigenvalue weighted by Gasteiger charge is 1.90. The van der Waals surface area contributed by atoms with E-state index in [1.807, 2.05) is 6.92 Å². The Morgan fingerprint density at radius 2 is 2.40 bits per heavy atom. The van der Waals surface area contributed by atoms with Gasteiger partial charge < -0.3 is 9.84 Å². The van der Waals surface area contributed by atoms with Gasteiger partial charge in [-0.1, -0.05) is 0 Å². The van der Waals surface area contributed by atoms with E-state index in [-0.39, 0.29) is 5.75 Å². The summed E-state index contributed by atoms with van der Waals surface area (Å²) in [7, 11) is 0. The van der Waals surface area contributed by atoms with Crippen molar-refractivity contribution in [2.24, 2.45) is 0 Å². The summed E-state index contributed by atoms with van der Waals surface area (Å²) in [5.74, 6) is 0.878. The second-order valence-corrected chi connectivity index (χ2v) is 1.84. The van der Waals surface area contributed by atoms with Crippen molar-refractivity contribution in [1.82, 2.24) is 0 Å². The Balaban J connectivity index is 2.69. The largest absolute Gasteiger partial charge is 0.507 e. The van der Waals surface area contributed by atoms with Gasteiger partial charge in [-0.25, -0.2) is 0 Å². The van der Waals surface area contributed by atoms with E-state index in [1.165, 1.54) is 0 Å². The van der Waals surface area contributed by atoms with Gasteiger partial charge in [-0.05, 0) is 25.1 Å². The van der Waals surface area contributed by atoms with E-state index >= 15 is 0 Å². The van der Waals surface area contributed by atoms with Crippen molar-refractivity contribution in [2.45, 2.75) is 6.92 Å². The zero-order valence-corrected chi connectivity index (χ0v) is 5.79.